The minimum Gasteiger partial charge on any atom is -0.303 e. The fraction of sp³-hybridized carbons (Fsp3) is 0.350. The molecule has 0 aliphatic carbocycles. The van der Waals surface area contributed by atoms with Gasteiger partial charge in [-0.2, -0.15) is 10.2 Å². The van der Waals surface area contributed by atoms with Gasteiger partial charge in [0.25, 0.3) is 12.2 Å². The molecule has 148 valence electrons. The second-order valence-corrected chi connectivity index (χ2v) is 6.67. The Hall–Kier alpha value is -3.29. The number of nitrogens with zero attached hydrogens (tertiary/aromatic N) is 6. The summed E-state index contributed by atoms with van der Waals surface area (Å²) in [7, 11) is 5.61. The topological polar surface area (TPSA) is 83.0 Å². The van der Waals surface area contributed by atoms with Crippen molar-refractivity contribution in [2.75, 3.05) is 14.1 Å². The number of allylic oxidation sites excluding steroid dienone is 5. The maximum absolute atomic E-state index is 12.3. The van der Waals surface area contributed by atoms with E-state index in [0.29, 0.717) is 12.1 Å². The molecule has 0 aromatic carbocycles. The van der Waals surface area contributed by atoms with Gasteiger partial charge in [-0.25, -0.2) is 4.57 Å². The molecule has 0 amide bonds. The van der Waals surface area contributed by atoms with E-state index >= 15 is 0 Å². The van der Waals surface area contributed by atoms with Crippen LogP contribution in [-0.2, 0) is 13.5 Å². The molecule has 2 rings (SSSR count). The summed E-state index contributed by atoms with van der Waals surface area (Å²) in [6, 6.07) is 1.29. The SMILES string of the molecule is C=CC(C=NN(C)C)n1ccc(=O)c(CC(C)=CC(=CC)c2[nH]nc[n+]2C)n1. The lowest BCUT2D eigenvalue weighted by Gasteiger charge is -2.13. The summed E-state index contributed by atoms with van der Waals surface area (Å²) in [5.41, 5.74) is 2.40. The zero-order valence-electron chi connectivity index (χ0n) is 17.1. The molecule has 8 nitrogen and oxygen atoms in total. The summed E-state index contributed by atoms with van der Waals surface area (Å²) < 4.78 is 3.60. The number of aromatic amines is 1. The summed E-state index contributed by atoms with van der Waals surface area (Å²) in [5.74, 6) is 0.895. The van der Waals surface area contributed by atoms with Crippen molar-refractivity contribution >= 4 is 11.8 Å². The van der Waals surface area contributed by atoms with Crippen LogP contribution in [0.4, 0.5) is 0 Å². The Balaban J connectivity index is 2.29. The number of nitrogens with one attached hydrogen (secondary N) is 1. The molecule has 1 N–H and O–H groups in total. The number of rotatable bonds is 8. The largest absolute Gasteiger partial charge is 0.303 e. The van der Waals surface area contributed by atoms with Crippen molar-refractivity contribution in [1.82, 2.24) is 25.0 Å². The average molecular weight is 382 g/mol. The minimum atomic E-state index is -0.235. The number of H-pyrrole nitrogens is 1. The number of aryl methyl sites for hydroxylation is 1. The van der Waals surface area contributed by atoms with Crippen LogP contribution in [0.2, 0.25) is 0 Å². The van der Waals surface area contributed by atoms with Crippen LogP contribution in [0.5, 0.6) is 0 Å². The van der Waals surface area contributed by atoms with Crippen LogP contribution in [0.3, 0.4) is 0 Å². The Morgan fingerprint density at radius 2 is 2.25 bits per heavy atom. The lowest BCUT2D eigenvalue weighted by atomic mass is 10.1. The van der Waals surface area contributed by atoms with E-state index in [1.807, 2.05) is 51.7 Å². The lowest BCUT2D eigenvalue weighted by Crippen LogP contribution is -2.29. The highest BCUT2D eigenvalue weighted by molar-refractivity contribution is 5.68. The normalized spacial score (nSPS) is 13.8. The molecule has 2 aromatic rings. The molecule has 2 aromatic heterocycles. The molecule has 28 heavy (non-hydrogen) atoms. The number of aromatic nitrogens is 5. The third-order valence-corrected chi connectivity index (χ3v) is 4.08. The van der Waals surface area contributed by atoms with Crippen molar-refractivity contribution in [2.45, 2.75) is 26.3 Å². The van der Waals surface area contributed by atoms with Crippen molar-refractivity contribution < 1.29 is 4.57 Å². The summed E-state index contributed by atoms with van der Waals surface area (Å²) in [6.45, 7) is 7.78. The van der Waals surface area contributed by atoms with E-state index in [9.17, 15) is 4.79 Å². The predicted octanol–water partition coefficient (Wildman–Crippen LogP) is 1.66. The summed E-state index contributed by atoms with van der Waals surface area (Å²) in [4.78, 5) is 12.3. The fourth-order valence-electron chi connectivity index (χ4n) is 2.64. The molecule has 0 bridgehead atoms. The van der Waals surface area contributed by atoms with E-state index in [-0.39, 0.29) is 11.5 Å². The molecule has 0 aliphatic heterocycles. The lowest BCUT2D eigenvalue weighted by molar-refractivity contribution is -0.673. The third-order valence-electron chi connectivity index (χ3n) is 4.08. The first-order chi connectivity index (χ1) is 13.3. The van der Waals surface area contributed by atoms with Gasteiger partial charge in [-0.1, -0.05) is 17.7 Å². The first-order valence-corrected chi connectivity index (χ1v) is 9.00. The zero-order chi connectivity index (χ0) is 20.7. The molecule has 0 radical (unpaired) electrons. The van der Waals surface area contributed by atoms with Crippen LogP contribution in [0.25, 0.3) is 5.57 Å². The number of hydrogen-bond donors (Lipinski definition) is 1. The predicted molar refractivity (Wildman–Crippen MR) is 111 cm³/mol. The smallest absolute Gasteiger partial charge is 0.265 e. The molecule has 0 fully saturated rings. The quantitative estimate of drug-likeness (QED) is 0.247. The van der Waals surface area contributed by atoms with Crippen LogP contribution >= 0.6 is 0 Å². The van der Waals surface area contributed by atoms with Crippen molar-refractivity contribution in [1.29, 1.82) is 0 Å². The van der Waals surface area contributed by atoms with E-state index in [2.05, 4.69) is 27.0 Å². The molecule has 8 heteroatoms. The maximum Gasteiger partial charge on any atom is 0.265 e. The van der Waals surface area contributed by atoms with Crippen LogP contribution in [0.1, 0.15) is 31.4 Å². The Bertz CT molecular complexity index is 963. The van der Waals surface area contributed by atoms with Gasteiger partial charge in [0.15, 0.2) is 0 Å². The molecule has 0 spiro atoms. The van der Waals surface area contributed by atoms with Gasteiger partial charge in [-0.05, 0) is 19.9 Å². The van der Waals surface area contributed by atoms with Gasteiger partial charge in [0.1, 0.15) is 11.7 Å². The monoisotopic (exact) mass is 382 g/mol. The van der Waals surface area contributed by atoms with Crippen LogP contribution in [0, 0.1) is 0 Å². The highest BCUT2D eigenvalue weighted by atomic mass is 16.1. The van der Waals surface area contributed by atoms with Gasteiger partial charge in [-0.15, -0.1) is 11.7 Å². The number of hydrazone groups is 1. The van der Waals surface area contributed by atoms with Crippen LogP contribution in [0.15, 0.2) is 58.9 Å². The number of hydrogen-bond acceptors (Lipinski definition) is 5. The van der Waals surface area contributed by atoms with Crippen LogP contribution < -0.4 is 10.00 Å². The molecular weight excluding hydrogens is 354 g/mol. The van der Waals surface area contributed by atoms with E-state index in [1.165, 1.54) is 6.07 Å². The Kier molecular flexibility index (Phi) is 7.20. The first kappa shape index (κ1) is 21.0. The Morgan fingerprint density at radius 3 is 2.82 bits per heavy atom. The summed E-state index contributed by atoms with van der Waals surface area (Å²) in [6.07, 6.45) is 11.3. The fourth-order valence-corrected chi connectivity index (χ4v) is 2.64. The van der Waals surface area contributed by atoms with Crippen molar-refractivity contribution in [3.63, 3.8) is 0 Å². The third kappa shape index (κ3) is 5.35. The zero-order valence-corrected chi connectivity index (χ0v) is 17.1. The van der Waals surface area contributed by atoms with Crippen LogP contribution in [-0.4, -0.2) is 45.3 Å². The van der Waals surface area contributed by atoms with E-state index in [4.69, 9.17) is 0 Å². The molecule has 0 saturated heterocycles. The Morgan fingerprint density at radius 1 is 1.50 bits per heavy atom. The molecule has 1 atom stereocenters. The van der Waals surface area contributed by atoms with Gasteiger partial charge in [0.2, 0.25) is 5.43 Å². The second-order valence-electron chi connectivity index (χ2n) is 6.67. The van der Waals surface area contributed by atoms with E-state index in [1.54, 1.807) is 34.5 Å². The molecular formula is C20H28N7O+. The van der Waals surface area contributed by atoms with Gasteiger partial charge in [0, 0.05) is 43.5 Å². The highest BCUT2D eigenvalue weighted by Gasteiger charge is 2.12. The van der Waals surface area contributed by atoms with E-state index in [0.717, 1.165) is 17.0 Å². The van der Waals surface area contributed by atoms with Crippen molar-refractivity contribution in [3.8, 4) is 0 Å². The van der Waals surface area contributed by atoms with Crippen molar-refractivity contribution in [3.05, 3.63) is 70.7 Å². The average Bonchev–Trinajstić information content (AvgIpc) is 3.08. The summed E-state index contributed by atoms with van der Waals surface area (Å²) >= 11 is 0. The van der Waals surface area contributed by atoms with Gasteiger partial charge in [0.05, 0.1) is 13.3 Å². The Labute approximate surface area is 165 Å². The van der Waals surface area contributed by atoms with E-state index < -0.39 is 0 Å². The first-order valence-electron chi connectivity index (χ1n) is 9.00. The molecule has 1 unspecified atom stereocenters. The van der Waals surface area contributed by atoms with Gasteiger partial charge >= 0.3 is 0 Å². The van der Waals surface area contributed by atoms with Gasteiger partial charge < -0.3 is 5.01 Å². The van der Waals surface area contributed by atoms with Gasteiger partial charge in [-0.3, -0.25) is 9.48 Å². The second kappa shape index (κ2) is 9.59. The summed E-state index contributed by atoms with van der Waals surface area (Å²) in [5, 5.41) is 17.5. The highest BCUT2D eigenvalue weighted by Crippen LogP contribution is 2.13. The minimum absolute atomic E-state index is 0.0921. The standard InChI is InChI=1S/C20H27N7O/c1-7-16(20-23-21-14-26(20)6)11-15(3)12-18-19(28)9-10-27(24-18)17(8-2)13-22-25(4)5/h7-11,13-14,17H,2,12H2,1,3-6H3/p+1. The maximum atomic E-state index is 12.3. The van der Waals surface area contributed by atoms with Crippen molar-refractivity contribution in [2.24, 2.45) is 12.1 Å². The molecule has 0 saturated carbocycles. The molecule has 2 heterocycles. The molecule has 0 aliphatic rings.